The van der Waals surface area contributed by atoms with E-state index in [1.54, 1.807) is 0 Å². The minimum atomic E-state index is -1.35. The normalized spacial score (nSPS) is 24.4. The molecule has 24 heavy (non-hydrogen) atoms. The van der Waals surface area contributed by atoms with E-state index in [-0.39, 0.29) is 24.3 Å². The predicted molar refractivity (Wildman–Crippen MR) is 84.9 cm³/mol. The molecule has 0 amide bonds. The maximum atomic E-state index is 14.6. The van der Waals surface area contributed by atoms with Crippen molar-refractivity contribution in [3.05, 3.63) is 34.0 Å². The van der Waals surface area contributed by atoms with Crippen LogP contribution in [0.15, 0.2) is 16.9 Å². The van der Waals surface area contributed by atoms with Gasteiger partial charge in [0, 0.05) is 26.0 Å². The van der Waals surface area contributed by atoms with Crippen molar-refractivity contribution in [3.8, 4) is 11.4 Å². The Kier molecular flexibility index (Phi) is 3.64. The summed E-state index contributed by atoms with van der Waals surface area (Å²) in [6, 6.07) is 2.66. The Bertz CT molecular complexity index is 865. The summed E-state index contributed by atoms with van der Waals surface area (Å²) in [5.41, 5.74) is -0.407. The number of aryl methyl sites for hydroxylation is 1. The van der Waals surface area contributed by atoms with Crippen molar-refractivity contribution in [1.82, 2.24) is 19.8 Å². The molecule has 1 aromatic heterocycles. The van der Waals surface area contributed by atoms with Crippen LogP contribution in [0.3, 0.4) is 0 Å². The molecule has 0 bridgehead atoms. The summed E-state index contributed by atoms with van der Waals surface area (Å²) >= 11 is 0. The first-order valence-corrected chi connectivity index (χ1v) is 7.71. The fourth-order valence-electron chi connectivity index (χ4n) is 2.54. The summed E-state index contributed by atoms with van der Waals surface area (Å²) in [5, 5.41) is 16.9. The van der Waals surface area contributed by atoms with Crippen LogP contribution in [0.1, 0.15) is 40.5 Å². The first-order chi connectivity index (χ1) is 11.5. The third-order valence-corrected chi connectivity index (χ3v) is 3.99. The molecule has 3 rings (SSSR count). The molecule has 0 spiro atoms. The molecule has 0 radical (unpaired) electrons. The lowest BCUT2D eigenvalue weighted by molar-refractivity contribution is -0.0109. The van der Waals surface area contributed by atoms with Crippen molar-refractivity contribution in [2.45, 2.75) is 51.2 Å². The molecule has 0 saturated heterocycles. The zero-order valence-electron chi connectivity index (χ0n) is 15.1. The van der Waals surface area contributed by atoms with E-state index in [4.69, 9.17) is 6.11 Å². The minimum Gasteiger partial charge on any atom is -0.488 e. The third-order valence-electron chi connectivity index (χ3n) is 3.99. The summed E-state index contributed by atoms with van der Waals surface area (Å²) in [7, 11) is 1.45. The summed E-state index contributed by atoms with van der Waals surface area (Å²) in [4.78, 5) is 12.2. The maximum Gasteiger partial charge on any atom is 0.368 e. The number of ether oxygens (including phenoxy) is 1. The van der Waals surface area contributed by atoms with Gasteiger partial charge in [0.2, 0.25) is 0 Å². The number of aliphatic hydroxyl groups excluding tert-OH is 1. The van der Waals surface area contributed by atoms with E-state index in [9.17, 15) is 14.3 Å². The Morgan fingerprint density at radius 3 is 2.54 bits per heavy atom. The van der Waals surface area contributed by atoms with Gasteiger partial charge in [0.25, 0.3) is 0 Å². The summed E-state index contributed by atoms with van der Waals surface area (Å²) in [6.45, 7) is 5.55. The maximum absolute atomic E-state index is 14.6. The first-order valence-electron chi connectivity index (χ1n) is 8.21. The molecule has 1 heterocycles. The summed E-state index contributed by atoms with van der Waals surface area (Å²) < 4.78 is 30.5. The van der Waals surface area contributed by atoms with Gasteiger partial charge in [-0.05, 0) is 27.5 Å². The quantitative estimate of drug-likeness (QED) is 0.913. The molecule has 8 heteroatoms. The second-order valence-corrected chi connectivity index (χ2v) is 7.05. The van der Waals surface area contributed by atoms with Crippen LogP contribution in [0, 0.1) is 5.82 Å². The Labute approximate surface area is 140 Å². The van der Waals surface area contributed by atoms with Crippen LogP contribution in [-0.2, 0) is 12.5 Å². The van der Waals surface area contributed by atoms with Gasteiger partial charge < -0.3 is 9.84 Å². The largest absolute Gasteiger partial charge is 0.488 e. The molecule has 1 N–H and O–H groups in total. The number of halogens is 1. The predicted octanol–water partition coefficient (Wildman–Crippen LogP) is 1.30. The lowest BCUT2D eigenvalue weighted by Crippen LogP contribution is -2.38. The highest BCUT2D eigenvalue weighted by Crippen LogP contribution is 2.35. The van der Waals surface area contributed by atoms with Gasteiger partial charge in [-0.25, -0.2) is 9.18 Å². The molecule has 130 valence electrons. The number of benzene rings is 1. The van der Waals surface area contributed by atoms with E-state index in [2.05, 4.69) is 10.4 Å². The van der Waals surface area contributed by atoms with Gasteiger partial charge in [0.1, 0.15) is 23.3 Å². The van der Waals surface area contributed by atoms with Crippen molar-refractivity contribution < 1.29 is 15.6 Å². The monoisotopic (exact) mass is 337 g/mol. The lowest BCUT2D eigenvalue weighted by Gasteiger charge is -2.32. The standard InChI is InChI=1S/C16H21FN4O3/c1-16(2,3)11-7-13(21-15(23)20(4)18-19-21)14(8-12(11)17)24-10-5-9(22)6-10/h7-10,22H,5-6H2,1-4H3/i10D. The van der Waals surface area contributed by atoms with Gasteiger partial charge in [-0.2, -0.15) is 9.36 Å². The molecule has 1 aromatic carbocycles. The van der Waals surface area contributed by atoms with Crippen LogP contribution < -0.4 is 10.4 Å². The Morgan fingerprint density at radius 2 is 2.04 bits per heavy atom. The van der Waals surface area contributed by atoms with Gasteiger partial charge in [0.05, 0.1) is 7.47 Å². The summed E-state index contributed by atoms with van der Waals surface area (Å²) in [5.74, 6) is -0.471. The van der Waals surface area contributed by atoms with Crippen LogP contribution in [0.25, 0.3) is 5.69 Å². The van der Waals surface area contributed by atoms with Crippen molar-refractivity contribution in [1.29, 1.82) is 0 Å². The van der Waals surface area contributed by atoms with E-state index in [0.717, 1.165) is 15.4 Å². The van der Waals surface area contributed by atoms with E-state index in [1.807, 2.05) is 20.8 Å². The number of rotatable bonds is 3. The van der Waals surface area contributed by atoms with Gasteiger partial charge in [-0.15, -0.1) is 0 Å². The molecule has 0 aliphatic heterocycles. The number of hydrogen-bond acceptors (Lipinski definition) is 5. The van der Waals surface area contributed by atoms with E-state index in [1.165, 1.54) is 13.1 Å². The Morgan fingerprint density at radius 1 is 1.38 bits per heavy atom. The molecular weight excluding hydrogens is 315 g/mol. The lowest BCUT2D eigenvalue weighted by atomic mass is 9.86. The van der Waals surface area contributed by atoms with Crippen LogP contribution in [0.4, 0.5) is 4.39 Å². The van der Waals surface area contributed by atoms with Gasteiger partial charge in [-0.3, -0.25) is 0 Å². The molecule has 0 atom stereocenters. The van der Waals surface area contributed by atoms with Gasteiger partial charge >= 0.3 is 5.69 Å². The fraction of sp³-hybridized carbons (Fsp3) is 0.562. The zero-order chi connectivity index (χ0) is 18.6. The van der Waals surface area contributed by atoms with Crippen LogP contribution >= 0.6 is 0 Å². The Hall–Kier alpha value is -2.22. The second kappa shape index (κ2) is 5.70. The summed E-state index contributed by atoms with van der Waals surface area (Å²) in [6.07, 6.45) is -1.73. The smallest absolute Gasteiger partial charge is 0.368 e. The zero-order valence-corrected chi connectivity index (χ0v) is 14.1. The average Bonchev–Trinajstić information content (AvgIpc) is 2.76. The highest BCUT2D eigenvalue weighted by atomic mass is 19.1. The van der Waals surface area contributed by atoms with Crippen LogP contribution in [0.2, 0.25) is 0 Å². The Balaban J connectivity index is 2.15. The topological polar surface area (TPSA) is 82.2 Å². The molecule has 1 fully saturated rings. The molecule has 1 aliphatic carbocycles. The van der Waals surface area contributed by atoms with Gasteiger partial charge in [-0.1, -0.05) is 20.8 Å². The number of nitrogens with zero attached hydrogens (tertiary/aromatic N) is 4. The molecule has 2 aromatic rings. The number of tetrazole rings is 1. The first kappa shape index (κ1) is 15.3. The van der Waals surface area contributed by atoms with Crippen molar-refractivity contribution in [2.24, 2.45) is 7.05 Å². The van der Waals surface area contributed by atoms with Gasteiger partial charge in [0.15, 0.2) is 0 Å². The second-order valence-electron chi connectivity index (χ2n) is 7.05. The SMILES string of the molecule is [2H]C1(Oc2cc(F)c(C(C)(C)C)cc2-n2nnn(C)c2=O)CC(O)C1. The highest BCUT2D eigenvalue weighted by molar-refractivity contribution is 5.50. The van der Waals surface area contributed by atoms with Crippen molar-refractivity contribution >= 4 is 0 Å². The van der Waals surface area contributed by atoms with E-state index < -0.39 is 29.1 Å². The van der Waals surface area contributed by atoms with Crippen LogP contribution in [-0.4, -0.2) is 37.1 Å². The van der Waals surface area contributed by atoms with Crippen molar-refractivity contribution in [3.63, 3.8) is 0 Å². The highest BCUT2D eigenvalue weighted by Gasteiger charge is 2.31. The number of hydrogen-bond donors (Lipinski definition) is 1. The molecule has 1 saturated carbocycles. The molecular formula is C16H21FN4O3. The fourth-order valence-corrected chi connectivity index (χ4v) is 2.54. The molecule has 0 unspecified atom stereocenters. The van der Waals surface area contributed by atoms with E-state index >= 15 is 0 Å². The molecule has 1 aliphatic rings. The minimum absolute atomic E-state index is 0.0231. The molecule has 7 nitrogen and oxygen atoms in total. The van der Waals surface area contributed by atoms with Crippen molar-refractivity contribution in [2.75, 3.05) is 0 Å². The third kappa shape index (κ3) is 2.93. The number of aliphatic hydroxyl groups is 1. The average molecular weight is 337 g/mol. The number of aromatic nitrogens is 4. The van der Waals surface area contributed by atoms with E-state index in [0.29, 0.717) is 5.56 Å². The van der Waals surface area contributed by atoms with Crippen LogP contribution in [0.5, 0.6) is 5.75 Å².